The number of carbonyl (C=O) groups is 1. The zero-order valence-corrected chi connectivity index (χ0v) is 20.6. The minimum absolute atomic E-state index is 0.0234. The van der Waals surface area contributed by atoms with Gasteiger partial charge in [-0.1, -0.05) is 42.5 Å². The first-order chi connectivity index (χ1) is 16.9. The molecule has 1 heterocycles. The van der Waals surface area contributed by atoms with E-state index in [9.17, 15) is 9.90 Å². The molecule has 9 heteroatoms. The molecule has 0 spiro atoms. The number of hydrogen-bond donors (Lipinski definition) is 3. The van der Waals surface area contributed by atoms with Crippen LogP contribution in [0, 0.1) is 0 Å². The summed E-state index contributed by atoms with van der Waals surface area (Å²) in [6.07, 6.45) is 0.802. The molecule has 0 saturated carbocycles. The summed E-state index contributed by atoms with van der Waals surface area (Å²) in [5.41, 5.74) is 3.66. The lowest BCUT2D eigenvalue weighted by Crippen LogP contribution is -2.18. The van der Waals surface area contributed by atoms with E-state index in [0.717, 1.165) is 39.1 Å². The van der Waals surface area contributed by atoms with Crippen molar-refractivity contribution in [1.82, 2.24) is 9.88 Å². The Morgan fingerprint density at radius 2 is 1.80 bits per heavy atom. The van der Waals surface area contributed by atoms with Crippen LogP contribution in [0.4, 0.5) is 5.69 Å². The molecule has 0 aliphatic carbocycles. The number of aromatic hydroxyl groups is 1. The van der Waals surface area contributed by atoms with Crippen molar-refractivity contribution in [3.05, 3.63) is 89.5 Å². The van der Waals surface area contributed by atoms with Gasteiger partial charge in [0.1, 0.15) is 0 Å². The molecule has 0 bridgehead atoms. The van der Waals surface area contributed by atoms with Gasteiger partial charge in [-0.3, -0.25) is 0 Å². The molecule has 7 nitrogen and oxygen atoms in total. The second-order valence-electron chi connectivity index (χ2n) is 7.86. The summed E-state index contributed by atoms with van der Waals surface area (Å²) in [6.45, 7) is 0.542. The molecule has 0 fully saturated rings. The number of aromatic carboxylic acids is 1. The minimum atomic E-state index is -0.925. The van der Waals surface area contributed by atoms with Crippen LogP contribution in [-0.2, 0) is 20.0 Å². The number of rotatable bonds is 8. The number of aryl methyl sites for hydroxylation is 2. The van der Waals surface area contributed by atoms with Crippen molar-refractivity contribution in [2.45, 2.75) is 17.9 Å². The van der Waals surface area contributed by atoms with E-state index >= 15 is 0 Å². The van der Waals surface area contributed by atoms with E-state index in [4.69, 9.17) is 17.3 Å². The number of azo groups is 1. The highest BCUT2D eigenvalue weighted by molar-refractivity contribution is 7.99. The fourth-order valence-corrected chi connectivity index (χ4v) is 4.64. The highest BCUT2D eigenvalue weighted by atomic mass is 32.2. The Kier molecular flexibility index (Phi) is 7.79. The lowest BCUT2D eigenvalue weighted by molar-refractivity contribution is 0.0697. The fourth-order valence-electron chi connectivity index (χ4n) is 3.58. The molecule has 0 amide bonds. The van der Waals surface area contributed by atoms with Crippen LogP contribution in [0.3, 0.4) is 0 Å². The lowest BCUT2D eigenvalue weighted by Gasteiger charge is -2.04. The van der Waals surface area contributed by atoms with Crippen LogP contribution in [0.1, 0.15) is 21.5 Å². The molecule has 178 valence electrons. The molecule has 3 aromatic carbocycles. The summed E-state index contributed by atoms with van der Waals surface area (Å²) in [4.78, 5) is 12.0. The molecule has 0 aliphatic rings. The molecule has 0 atom stereocenters. The first-order valence-corrected chi connectivity index (χ1v) is 12.3. The average molecular weight is 505 g/mol. The number of fused-ring (bicyclic) bond motifs is 1. The number of thiocarbonyl (C=S) groups is 1. The third kappa shape index (κ3) is 6.06. The van der Waals surface area contributed by atoms with Gasteiger partial charge in [0, 0.05) is 29.6 Å². The number of aromatic nitrogens is 1. The van der Waals surface area contributed by atoms with Gasteiger partial charge < -0.3 is 20.1 Å². The monoisotopic (exact) mass is 504 g/mol. The van der Waals surface area contributed by atoms with Gasteiger partial charge in [-0.15, -0.1) is 22.0 Å². The van der Waals surface area contributed by atoms with Crippen molar-refractivity contribution in [3.8, 4) is 5.88 Å². The highest BCUT2D eigenvalue weighted by Gasteiger charge is 2.15. The number of carboxylic acids is 1. The first kappa shape index (κ1) is 24.4. The number of hydrogen-bond acceptors (Lipinski definition) is 5. The summed E-state index contributed by atoms with van der Waals surface area (Å²) in [5.74, 6) is -0.0810. The number of thioether (sulfide) groups is 1. The zero-order valence-electron chi connectivity index (χ0n) is 19.0. The van der Waals surface area contributed by atoms with Crippen molar-refractivity contribution >= 4 is 51.7 Å². The van der Waals surface area contributed by atoms with E-state index in [1.807, 2.05) is 60.7 Å². The van der Waals surface area contributed by atoms with E-state index in [2.05, 4.69) is 15.5 Å². The molecule has 3 N–H and O–H groups in total. The average Bonchev–Trinajstić information content (AvgIpc) is 3.11. The van der Waals surface area contributed by atoms with Gasteiger partial charge in [0.05, 0.1) is 11.1 Å². The maximum atomic E-state index is 11.0. The Morgan fingerprint density at radius 1 is 1.06 bits per heavy atom. The number of benzene rings is 3. The number of nitrogens with zero attached hydrogens (tertiary/aromatic N) is 3. The highest BCUT2D eigenvalue weighted by Crippen LogP contribution is 2.39. The van der Waals surface area contributed by atoms with Crippen LogP contribution < -0.4 is 5.32 Å². The lowest BCUT2D eigenvalue weighted by atomic mass is 10.1. The van der Waals surface area contributed by atoms with E-state index in [1.54, 1.807) is 35.5 Å². The molecule has 4 aromatic rings. The third-order valence-corrected chi connectivity index (χ3v) is 6.72. The van der Waals surface area contributed by atoms with Crippen molar-refractivity contribution in [1.29, 1.82) is 0 Å². The summed E-state index contributed by atoms with van der Waals surface area (Å²) in [6, 6.07) is 22.7. The zero-order chi connectivity index (χ0) is 24.8. The van der Waals surface area contributed by atoms with Crippen LogP contribution >= 0.6 is 24.0 Å². The van der Waals surface area contributed by atoms with Crippen LogP contribution in [0.15, 0.2) is 87.9 Å². The quantitative estimate of drug-likeness (QED) is 0.153. The Bertz CT molecular complexity index is 1380. The summed E-state index contributed by atoms with van der Waals surface area (Å²) in [5, 5.41) is 32.1. The predicted molar refractivity (Wildman–Crippen MR) is 143 cm³/mol. The van der Waals surface area contributed by atoms with Crippen molar-refractivity contribution < 1.29 is 15.0 Å². The molecule has 0 radical (unpaired) electrons. The van der Waals surface area contributed by atoms with Gasteiger partial charge in [0.25, 0.3) is 0 Å². The Balaban J connectivity index is 1.43. The Labute approximate surface area is 212 Å². The number of carboxylic acid groups (broad SMARTS) is 1. The second-order valence-corrected chi connectivity index (χ2v) is 9.41. The van der Waals surface area contributed by atoms with E-state index in [-0.39, 0.29) is 16.6 Å². The Hall–Kier alpha value is -3.69. The van der Waals surface area contributed by atoms with E-state index < -0.39 is 5.97 Å². The van der Waals surface area contributed by atoms with Crippen LogP contribution in [0.2, 0.25) is 0 Å². The SMILES string of the molecule is Cn1c(O)c(N=NC(=S)NCc2ccccc2)c2cc(SCCc3ccc(C(=O)O)cc3)ccc21. The van der Waals surface area contributed by atoms with E-state index in [1.165, 1.54) is 0 Å². The molecular formula is C26H24N4O3S2. The van der Waals surface area contributed by atoms with Gasteiger partial charge in [-0.05, 0) is 60.1 Å². The maximum Gasteiger partial charge on any atom is 0.335 e. The Morgan fingerprint density at radius 3 is 2.51 bits per heavy atom. The maximum absolute atomic E-state index is 11.0. The van der Waals surface area contributed by atoms with Crippen molar-refractivity contribution in [2.24, 2.45) is 17.3 Å². The minimum Gasteiger partial charge on any atom is -0.493 e. The molecule has 0 saturated heterocycles. The molecule has 35 heavy (non-hydrogen) atoms. The standard InChI is InChI=1S/C26H24N4O3S2/c1-30-22-12-11-20(35-14-13-17-7-9-19(10-8-17)25(32)33)15-21(22)23(24(30)31)28-29-26(34)27-16-18-5-3-2-4-6-18/h2-12,15,31H,13-14,16H2,1H3,(H,27,34)(H,32,33). The van der Waals surface area contributed by atoms with Crippen molar-refractivity contribution in [3.63, 3.8) is 0 Å². The van der Waals surface area contributed by atoms with Crippen LogP contribution in [0.25, 0.3) is 10.9 Å². The normalized spacial score (nSPS) is 11.2. The molecule has 1 aromatic heterocycles. The van der Waals surface area contributed by atoms with Gasteiger partial charge in [0.2, 0.25) is 11.0 Å². The topological polar surface area (TPSA) is 99.2 Å². The summed E-state index contributed by atoms with van der Waals surface area (Å²) in [7, 11) is 1.77. The predicted octanol–water partition coefficient (Wildman–Crippen LogP) is 6.08. The fraction of sp³-hybridized carbons (Fsp3) is 0.154. The molecule has 0 aliphatic heterocycles. The van der Waals surface area contributed by atoms with E-state index in [0.29, 0.717) is 12.2 Å². The largest absolute Gasteiger partial charge is 0.493 e. The van der Waals surface area contributed by atoms with Gasteiger partial charge in [-0.2, -0.15) is 0 Å². The molecule has 4 rings (SSSR count). The number of nitrogens with one attached hydrogen (secondary N) is 1. The summed E-state index contributed by atoms with van der Waals surface area (Å²) < 4.78 is 1.67. The van der Waals surface area contributed by atoms with Gasteiger partial charge >= 0.3 is 5.97 Å². The smallest absolute Gasteiger partial charge is 0.335 e. The third-order valence-electron chi connectivity index (χ3n) is 5.50. The van der Waals surface area contributed by atoms with Crippen LogP contribution in [0.5, 0.6) is 5.88 Å². The van der Waals surface area contributed by atoms with Crippen LogP contribution in [-0.4, -0.2) is 31.6 Å². The van der Waals surface area contributed by atoms with Gasteiger partial charge in [-0.25, -0.2) is 4.79 Å². The summed E-state index contributed by atoms with van der Waals surface area (Å²) >= 11 is 6.96. The first-order valence-electron chi connectivity index (χ1n) is 10.9. The van der Waals surface area contributed by atoms with Gasteiger partial charge in [0.15, 0.2) is 5.69 Å². The molecular weight excluding hydrogens is 480 g/mol. The molecule has 0 unspecified atom stereocenters. The second kappa shape index (κ2) is 11.2. The van der Waals surface area contributed by atoms with Crippen molar-refractivity contribution in [2.75, 3.05) is 5.75 Å².